The lowest BCUT2D eigenvalue weighted by Gasteiger charge is -2.17. The highest BCUT2D eigenvalue weighted by Gasteiger charge is 2.25. The summed E-state index contributed by atoms with van der Waals surface area (Å²) < 4.78 is 1.80. The fraction of sp³-hybridized carbons (Fsp3) is 0.154. The molecular formula is C13H11N3O2S. The summed E-state index contributed by atoms with van der Waals surface area (Å²) >= 11 is 5.44. The van der Waals surface area contributed by atoms with Crippen LogP contribution >= 0.6 is 12.2 Å². The molecule has 96 valence electrons. The fourth-order valence-electron chi connectivity index (χ4n) is 2.28. The Kier molecular flexibility index (Phi) is 2.60. The summed E-state index contributed by atoms with van der Waals surface area (Å²) in [5, 5.41) is 9.19. The van der Waals surface area contributed by atoms with Crippen LogP contribution in [0.1, 0.15) is 21.7 Å². The summed E-state index contributed by atoms with van der Waals surface area (Å²) in [6.07, 6.45) is 1.54. The van der Waals surface area contributed by atoms with Crippen molar-refractivity contribution in [1.82, 2.24) is 14.5 Å². The highest BCUT2D eigenvalue weighted by atomic mass is 32.1. The number of hydrogen-bond acceptors (Lipinski definition) is 3. The van der Waals surface area contributed by atoms with E-state index in [2.05, 4.69) is 4.98 Å². The maximum Gasteiger partial charge on any atom is 0.356 e. The van der Waals surface area contributed by atoms with Crippen LogP contribution in [-0.4, -0.2) is 37.6 Å². The third kappa shape index (κ3) is 1.72. The minimum atomic E-state index is -1.02. The van der Waals surface area contributed by atoms with E-state index < -0.39 is 5.97 Å². The number of hydrogen-bond donors (Lipinski definition) is 1. The lowest BCUT2D eigenvalue weighted by Crippen LogP contribution is -2.24. The van der Waals surface area contributed by atoms with Gasteiger partial charge in [-0.25, -0.2) is 9.78 Å². The molecule has 2 aromatic rings. The Morgan fingerprint density at radius 3 is 2.89 bits per heavy atom. The molecule has 1 aliphatic heterocycles. The van der Waals surface area contributed by atoms with Gasteiger partial charge in [-0.15, -0.1) is 0 Å². The van der Waals surface area contributed by atoms with Crippen LogP contribution in [0.4, 0.5) is 0 Å². The SMILES string of the molecule is CN1Cc2c(C(=O)O)ncn2-c2ccccc2C1=S. The van der Waals surface area contributed by atoms with Gasteiger partial charge in [-0.1, -0.05) is 24.4 Å². The standard InChI is InChI=1S/C13H11N3O2S/c1-15-6-10-11(13(17)18)14-7-16(10)9-5-3-2-4-8(9)12(15)19/h2-5,7H,6H2,1H3,(H,17,18). The molecule has 6 heteroatoms. The first-order valence-electron chi connectivity index (χ1n) is 5.74. The monoisotopic (exact) mass is 273 g/mol. The van der Waals surface area contributed by atoms with E-state index in [0.29, 0.717) is 17.2 Å². The Hall–Kier alpha value is -2.21. The zero-order chi connectivity index (χ0) is 13.6. The first-order valence-corrected chi connectivity index (χ1v) is 6.15. The Bertz CT molecular complexity index is 693. The molecule has 0 spiro atoms. The van der Waals surface area contributed by atoms with Crippen molar-refractivity contribution in [3.05, 3.63) is 47.5 Å². The number of aromatic nitrogens is 2. The van der Waals surface area contributed by atoms with E-state index in [1.165, 1.54) is 0 Å². The van der Waals surface area contributed by atoms with Gasteiger partial charge in [0.15, 0.2) is 5.69 Å². The van der Waals surface area contributed by atoms with Crippen LogP contribution in [0.15, 0.2) is 30.6 Å². The molecule has 0 aliphatic carbocycles. The molecule has 0 unspecified atom stereocenters. The van der Waals surface area contributed by atoms with Crippen molar-refractivity contribution < 1.29 is 9.90 Å². The summed E-state index contributed by atoms with van der Waals surface area (Å²) in [6.45, 7) is 0.426. The molecule has 5 nitrogen and oxygen atoms in total. The van der Waals surface area contributed by atoms with Gasteiger partial charge < -0.3 is 10.0 Å². The number of nitrogens with zero attached hydrogens (tertiary/aromatic N) is 3. The van der Waals surface area contributed by atoms with E-state index in [9.17, 15) is 9.90 Å². The molecule has 1 aliphatic rings. The second-order valence-corrected chi connectivity index (χ2v) is 4.78. The van der Waals surface area contributed by atoms with Gasteiger partial charge in [-0.05, 0) is 12.1 Å². The van der Waals surface area contributed by atoms with E-state index in [1.807, 2.05) is 36.2 Å². The van der Waals surface area contributed by atoms with Crippen LogP contribution in [-0.2, 0) is 6.54 Å². The molecule has 0 radical (unpaired) electrons. The van der Waals surface area contributed by atoms with Crippen molar-refractivity contribution in [2.24, 2.45) is 0 Å². The van der Waals surface area contributed by atoms with Gasteiger partial charge >= 0.3 is 5.97 Å². The number of carboxylic acid groups (broad SMARTS) is 1. The molecule has 1 aromatic heterocycles. The Morgan fingerprint density at radius 2 is 2.16 bits per heavy atom. The third-order valence-electron chi connectivity index (χ3n) is 3.20. The van der Waals surface area contributed by atoms with E-state index in [4.69, 9.17) is 12.2 Å². The number of carbonyl (C=O) groups is 1. The van der Waals surface area contributed by atoms with Crippen LogP contribution in [0.2, 0.25) is 0 Å². The molecule has 1 aromatic carbocycles. The van der Waals surface area contributed by atoms with Gasteiger partial charge in [0.2, 0.25) is 0 Å². The molecule has 0 saturated carbocycles. The van der Waals surface area contributed by atoms with Gasteiger partial charge in [0.25, 0.3) is 0 Å². The van der Waals surface area contributed by atoms with Crippen molar-refractivity contribution in [1.29, 1.82) is 0 Å². The van der Waals surface area contributed by atoms with Gasteiger partial charge in [-0.2, -0.15) is 0 Å². The third-order valence-corrected chi connectivity index (χ3v) is 3.73. The highest BCUT2D eigenvalue weighted by Crippen LogP contribution is 2.25. The molecule has 3 rings (SSSR count). The lowest BCUT2D eigenvalue weighted by atomic mass is 10.1. The zero-order valence-electron chi connectivity index (χ0n) is 10.2. The molecule has 0 fully saturated rings. The maximum atomic E-state index is 11.2. The number of imidazole rings is 1. The second-order valence-electron chi connectivity index (χ2n) is 4.39. The molecule has 0 amide bonds. The van der Waals surface area contributed by atoms with E-state index in [-0.39, 0.29) is 5.69 Å². The van der Waals surface area contributed by atoms with Crippen molar-refractivity contribution in [3.63, 3.8) is 0 Å². The number of thiocarbonyl (C=S) groups is 1. The Labute approximate surface area is 115 Å². The number of rotatable bonds is 1. The van der Waals surface area contributed by atoms with Crippen molar-refractivity contribution >= 4 is 23.2 Å². The molecule has 0 bridgehead atoms. The predicted molar refractivity (Wildman–Crippen MR) is 73.7 cm³/mol. The normalized spacial score (nSPS) is 13.7. The van der Waals surface area contributed by atoms with Crippen molar-refractivity contribution in [2.75, 3.05) is 7.05 Å². The van der Waals surface area contributed by atoms with Gasteiger partial charge in [0, 0.05) is 12.6 Å². The van der Waals surface area contributed by atoms with Gasteiger partial charge in [0.1, 0.15) is 11.3 Å². The Morgan fingerprint density at radius 1 is 1.42 bits per heavy atom. The minimum Gasteiger partial charge on any atom is -0.476 e. The van der Waals surface area contributed by atoms with Crippen molar-refractivity contribution in [3.8, 4) is 5.69 Å². The average Bonchev–Trinajstić information content (AvgIpc) is 2.77. The lowest BCUT2D eigenvalue weighted by molar-refractivity contribution is 0.0689. The minimum absolute atomic E-state index is 0.0753. The van der Waals surface area contributed by atoms with Crippen LogP contribution in [0.5, 0.6) is 0 Å². The highest BCUT2D eigenvalue weighted by molar-refractivity contribution is 7.80. The summed E-state index contributed by atoms with van der Waals surface area (Å²) in [4.78, 5) is 17.8. The fourth-order valence-corrected chi connectivity index (χ4v) is 2.51. The summed E-state index contributed by atoms with van der Waals surface area (Å²) in [5.74, 6) is -1.02. The largest absolute Gasteiger partial charge is 0.476 e. The summed E-state index contributed by atoms with van der Waals surface area (Å²) in [5.41, 5.74) is 2.49. The number of aromatic carboxylic acids is 1. The van der Waals surface area contributed by atoms with Gasteiger partial charge in [0.05, 0.1) is 17.9 Å². The first kappa shape index (κ1) is 11.9. The van der Waals surface area contributed by atoms with Gasteiger partial charge in [-0.3, -0.25) is 4.57 Å². The Balaban J connectivity index is 2.31. The molecule has 2 heterocycles. The molecule has 0 atom stereocenters. The molecule has 19 heavy (non-hydrogen) atoms. The number of benzene rings is 1. The quantitative estimate of drug-likeness (QED) is 0.801. The van der Waals surface area contributed by atoms with Crippen LogP contribution in [0, 0.1) is 0 Å². The predicted octanol–water partition coefficient (Wildman–Crippen LogP) is 1.69. The molecular weight excluding hydrogens is 262 g/mol. The van der Waals surface area contributed by atoms with Crippen LogP contribution in [0.25, 0.3) is 5.69 Å². The maximum absolute atomic E-state index is 11.2. The van der Waals surface area contributed by atoms with Crippen LogP contribution < -0.4 is 0 Å². The first-order chi connectivity index (χ1) is 9.09. The van der Waals surface area contributed by atoms with E-state index >= 15 is 0 Å². The van der Waals surface area contributed by atoms with E-state index in [1.54, 1.807) is 10.9 Å². The number of fused-ring (bicyclic) bond motifs is 3. The summed E-state index contributed by atoms with van der Waals surface area (Å²) in [6, 6.07) is 7.66. The molecule has 1 N–H and O–H groups in total. The smallest absolute Gasteiger partial charge is 0.356 e. The topological polar surface area (TPSA) is 58.4 Å². The second kappa shape index (κ2) is 4.17. The zero-order valence-corrected chi connectivity index (χ0v) is 11.0. The average molecular weight is 273 g/mol. The summed E-state index contributed by atoms with van der Waals surface area (Å²) in [7, 11) is 1.85. The van der Waals surface area contributed by atoms with Crippen LogP contribution in [0.3, 0.4) is 0 Å². The van der Waals surface area contributed by atoms with E-state index in [0.717, 1.165) is 11.3 Å². The van der Waals surface area contributed by atoms with Crippen molar-refractivity contribution in [2.45, 2.75) is 6.54 Å². The number of para-hydroxylation sites is 1. The molecule has 0 saturated heterocycles. The number of carboxylic acids is 1.